The van der Waals surface area contributed by atoms with Crippen LogP contribution in [0.2, 0.25) is 0 Å². The van der Waals surface area contributed by atoms with Gasteiger partial charge in [-0.15, -0.1) is 0 Å². The van der Waals surface area contributed by atoms with Crippen molar-refractivity contribution in [2.75, 3.05) is 24.3 Å². The molecule has 6 nitrogen and oxygen atoms in total. The van der Waals surface area contributed by atoms with Gasteiger partial charge < -0.3 is 20.3 Å². The fourth-order valence-corrected chi connectivity index (χ4v) is 4.15. The van der Waals surface area contributed by atoms with Gasteiger partial charge in [-0.3, -0.25) is 4.79 Å². The number of nitrogens with one attached hydrogen (secondary N) is 2. The first-order valence-electron chi connectivity index (χ1n) is 11.0. The Balaban J connectivity index is 1.54. The van der Waals surface area contributed by atoms with Gasteiger partial charge in [-0.05, 0) is 42.7 Å². The van der Waals surface area contributed by atoms with Crippen molar-refractivity contribution in [3.05, 3.63) is 90.0 Å². The van der Waals surface area contributed by atoms with Crippen LogP contribution in [-0.2, 0) is 4.79 Å². The SMILES string of the molecule is COc1cccc(NC(=O)C2CCC(c3ccccc3)N(C(=O)Nc3ccc(F)cc3F)C2)c1. The molecule has 1 heterocycles. The van der Waals surface area contributed by atoms with E-state index < -0.39 is 23.6 Å². The molecule has 1 aliphatic rings. The minimum absolute atomic E-state index is 0.124. The maximum absolute atomic E-state index is 14.2. The van der Waals surface area contributed by atoms with E-state index in [0.29, 0.717) is 30.3 Å². The Morgan fingerprint density at radius 1 is 0.941 bits per heavy atom. The molecule has 1 fully saturated rings. The summed E-state index contributed by atoms with van der Waals surface area (Å²) in [5.41, 5.74) is 1.39. The largest absolute Gasteiger partial charge is 0.497 e. The number of carbonyl (C=O) groups excluding carboxylic acids is 2. The zero-order valence-corrected chi connectivity index (χ0v) is 18.6. The molecule has 3 aromatic rings. The van der Waals surface area contributed by atoms with Gasteiger partial charge in [0.1, 0.15) is 17.4 Å². The first-order chi connectivity index (χ1) is 16.4. The first kappa shape index (κ1) is 23.2. The standard InChI is InChI=1S/C26H25F2N3O3/c1-34-21-9-5-8-20(15-21)29-25(32)18-10-13-24(17-6-3-2-4-7-17)31(16-18)26(33)30-23-12-11-19(27)14-22(23)28/h2-9,11-12,14-15,18,24H,10,13,16H2,1H3,(H,29,32)(H,30,33). The Morgan fingerprint density at radius 3 is 2.47 bits per heavy atom. The molecule has 0 bridgehead atoms. The average molecular weight is 466 g/mol. The highest BCUT2D eigenvalue weighted by molar-refractivity contribution is 5.94. The molecule has 0 radical (unpaired) electrons. The maximum atomic E-state index is 14.2. The predicted octanol–water partition coefficient (Wildman–Crippen LogP) is 5.60. The number of likely N-dealkylation sites (tertiary alicyclic amines) is 1. The van der Waals surface area contributed by atoms with Crippen molar-refractivity contribution in [2.45, 2.75) is 18.9 Å². The Morgan fingerprint density at radius 2 is 1.74 bits per heavy atom. The second kappa shape index (κ2) is 10.3. The fraction of sp³-hybridized carbons (Fsp3) is 0.231. The number of rotatable bonds is 5. The molecule has 0 aliphatic carbocycles. The fourth-order valence-electron chi connectivity index (χ4n) is 4.15. The van der Waals surface area contributed by atoms with Crippen molar-refractivity contribution in [3.8, 4) is 5.75 Å². The Kier molecular flexibility index (Phi) is 7.06. The number of benzene rings is 3. The lowest BCUT2D eigenvalue weighted by Gasteiger charge is -2.39. The molecule has 0 aromatic heterocycles. The second-order valence-corrected chi connectivity index (χ2v) is 8.13. The number of hydrogen-bond acceptors (Lipinski definition) is 3. The van der Waals surface area contributed by atoms with Gasteiger partial charge in [0.2, 0.25) is 5.91 Å². The van der Waals surface area contributed by atoms with Crippen LogP contribution in [-0.4, -0.2) is 30.5 Å². The molecular formula is C26H25F2N3O3. The number of anilines is 2. The van der Waals surface area contributed by atoms with Crippen LogP contribution in [0.5, 0.6) is 5.75 Å². The van der Waals surface area contributed by atoms with Gasteiger partial charge in [0, 0.05) is 24.4 Å². The molecule has 1 aliphatic heterocycles. The van der Waals surface area contributed by atoms with Crippen LogP contribution in [0.4, 0.5) is 25.0 Å². The highest BCUT2D eigenvalue weighted by Crippen LogP contribution is 2.34. The highest BCUT2D eigenvalue weighted by Gasteiger charge is 2.36. The molecule has 8 heteroatoms. The molecule has 3 aromatic carbocycles. The van der Waals surface area contributed by atoms with Gasteiger partial charge >= 0.3 is 6.03 Å². The average Bonchev–Trinajstić information content (AvgIpc) is 2.86. The summed E-state index contributed by atoms with van der Waals surface area (Å²) in [4.78, 5) is 27.8. The van der Waals surface area contributed by atoms with Gasteiger partial charge in [-0.25, -0.2) is 13.6 Å². The Bertz CT molecular complexity index is 1170. The van der Waals surface area contributed by atoms with Crippen molar-refractivity contribution in [3.63, 3.8) is 0 Å². The van der Waals surface area contributed by atoms with Crippen LogP contribution in [0.1, 0.15) is 24.4 Å². The van der Waals surface area contributed by atoms with E-state index in [1.54, 1.807) is 31.4 Å². The van der Waals surface area contributed by atoms with Crippen molar-refractivity contribution in [1.82, 2.24) is 4.90 Å². The number of methoxy groups -OCH3 is 1. The first-order valence-corrected chi connectivity index (χ1v) is 11.0. The van der Waals surface area contributed by atoms with Crippen molar-refractivity contribution in [2.24, 2.45) is 5.92 Å². The van der Waals surface area contributed by atoms with Crippen LogP contribution in [0.15, 0.2) is 72.8 Å². The summed E-state index contributed by atoms with van der Waals surface area (Å²) in [6.45, 7) is 0.143. The van der Waals surface area contributed by atoms with Gasteiger partial charge in [0.15, 0.2) is 0 Å². The van der Waals surface area contributed by atoms with E-state index in [0.717, 1.165) is 11.6 Å². The second-order valence-electron chi connectivity index (χ2n) is 8.13. The quantitative estimate of drug-likeness (QED) is 0.516. The zero-order valence-electron chi connectivity index (χ0n) is 18.6. The van der Waals surface area contributed by atoms with Crippen LogP contribution in [0.3, 0.4) is 0 Å². The van der Waals surface area contributed by atoms with Gasteiger partial charge in [-0.1, -0.05) is 36.4 Å². The number of carbonyl (C=O) groups is 2. The van der Waals surface area contributed by atoms with Crippen LogP contribution in [0, 0.1) is 17.6 Å². The molecule has 3 amide bonds. The Hall–Kier alpha value is -3.94. The van der Waals surface area contributed by atoms with E-state index in [4.69, 9.17) is 4.74 Å². The topological polar surface area (TPSA) is 70.7 Å². The van der Waals surface area contributed by atoms with E-state index in [2.05, 4.69) is 10.6 Å². The lowest BCUT2D eigenvalue weighted by molar-refractivity contribution is -0.121. The third-order valence-electron chi connectivity index (χ3n) is 5.91. The summed E-state index contributed by atoms with van der Waals surface area (Å²) < 4.78 is 32.6. The number of halogens is 2. The molecule has 1 saturated heterocycles. The van der Waals surface area contributed by atoms with Crippen molar-refractivity contribution >= 4 is 23.3 Å². The summed E-state index contributed by atoms with van der Waals surface area (Å²) in [6.07, 6.45) is 1.13. The van der Waals surface area contributed by atoms with Crippen LogP contribution >= 0.6 is 0 Å². The number of ether oxygens (including phenoxy) is 1. The summed E-state index contributed by atoms with van der Waals surface area (Å²) in [6, 6.07) is 18.6. The minimum atomic E-state index is -0.867. The molecule has 0 saturated carbocycles. The van der Waals surface area contributed by atoms with E-state index in [1.165, 1.54) is 11.0 Å². The minimum Gasteiger partial charge on any atom is -0.497 e. The Labute approximate surface area is 196 Å². The van der Waals surface area contributed by atoms with Crippen LogP contribution < -0.4 is 15.4 Å². The molecule has 176 valence electrons. The summed E-state index contributed by atoms with van der Waals surface area (Å²) in [7, 11) is 1.55. The summed E-state index contributed by atoms with van der Waals surface area (Å²) in [5, 5.41) is 5.41. The van der Waals surface area contributed by atoms with E-state index in [9.17, 15) is 18.4 Å². The molecule has 2 N–H and O–H groups in total. The lowest BCUT2D eigenvalue weighted by atomic mass is 9.88. The van der Waals surface area contributed by atoms with Crippen LogP contribution in [0.25, 0.3) is 0 Å². The van der Waals surface area contributed by atoms with Crippen molar-refractivity contribution < 1.29 is 23.1 Å². The van der Waals surface area contributed by atoms with E-state index >= 15 is 0 Å². The zero-order chi connectivity index (χ0) is 24.1. The normalized spacial score (nSPS) is 17.7. The van der Waals surface area contributed by atoms with Gasteiger partial charge in [0.25, 0.3) is 0 Å². The molecule has 2 atom stereocenters. The molecule has 4 rings (SSSR count). The summed E-state index contributed by atoms with van der Waals surface area (Å²) in [5.74, 6) is -1.66. The molecular weight excluding hydrogens is 440 g/mol. The smallest absolute Gasteiger partial charge is 0.322 e. The third kappa shape index (κ3) is 5.33. The maximum Gasteiger partial charge on any atom is 0.322 e. The molecule has 34 heavy (non-hydrogen) atoms. The third-order valence-corrected chi connectivity index (χ3v) is 5.91. The van der Waals surface area contributed by atoms with Gasteiger partial charge in [0.05, 0.1) is 24.8 Å². The summed E-state index contributed by atoms with van der Waals surface area (Å²) >= 11 is 0. The number of nitrogens with zero attached hydrogens (tertiary/aromatic N) is 1. The molecule has 2 unspecified atom stereocenters. The number of urea groups is 1. The van der Waals surface area contributed by atoms with E-state index in [-0.39, 0.29) is 24.2 Å². The van der Waals surface area contributed by atoms with E-state index in [1.807, 2.05) is 30.3 Å². The molecule has 0 spiro atoms. The number of hydrogen-bond donors (Lipinski definition) is 2. The highest BCUT2D eigenvalue weighted by atomic mass is 19.1. The van der Waals surface area contributed by atoms with Crippen molar-refractivity contribution in [1.29, 1.82) is 0 Å². The number of piperidine rings is 1. The van der Waals surface area contributed by atoms with Gasteiger partial charge in [-0.2, -0.15) is 0 Å². The number of amides is 3. The predicted molar refractivity (Wildman–Crippen MR) is 126 cm³/mol. The lowest BCUT2D eigenvalue weighted by Crippen LogP contribution is -2.47. The monoisotopic (exact) mass is 465 g/mol.